The lowest BCUT2D eigenvalue weighted by Gasteiger charge is -2.31. The largest absolute Gasteiger partial charge is 0.349 e. The number of hydrogen-bond donors (Lipinski definition) is 1. The topological polar surface area (TPSA) is 93.0 Å². The molecule has 8 nitrogen and oxygen atoms in total. The molecule has 1 N–H and O–H groups in total. The molecule has 0 unspecified atom stereocenters. The van der Waals surface area contributed by atoms with Crippen LogP contribution in [0.2, 0.25) is 0 Å². The fourth-order valence-electron chi connectivity index (χ4n) is 3.29. The van der Waals surface area contributed by atoms with Gasteiger partial charge in [-0.25, -0.2) is 4.98 Å². The number of aromatic nitrogens is 4. The lowest BCUT2D eigenvalue weighted by atomic mass is 9.92. The zero-order valence-corrected chi connectivity index (χ0v) is 15.2. The molecule has 1 saturated heterocycles. The number of carbonyl (C=O) groups excluding carboxylic acids is 2. The molecule has 8 heteroatoms. The van der Waals surface area contributed by atoms with Crippen molar-refractivity contribution in [1.29, 1.82) is 0 Å². The van der Waals surface area contributed by atoms with Crippen molar-refractivity contribution in [1.82, 2.24) is 29.7 Å². The molecular formula is C18H24N6O2. The van der Waals surface area contributed by atoms with Gasteiger partial charge in [-0.05, 0) is 19.8 Å². The molecule has 2 aromatic heterocycles. The Hall–Kier alpha value is -2.77. The average molecular weight is 356 g/mol. The van der Waals surface area contributed by atoms with E-state index in [2.05, 4.69) is 20.3 Å². The van der Waals surface area contributed by atoms with Crippen molar-refractivity contribution < 1.29 is 9.59 Å². The Balaban J connectivity index is 1.60. The van der Waals surface area contributed by atoms with Crippen LogP contribution in [0.4, 0.5) is 0 Å². The van der Waals surface area contributed by atoms with Crippen LogP contribution in [0.25, 0.3) is 0 Å². The van der Waals surface area contributed by atoms with E-state index in [0.717, 1.165) is 43.1 Å². The molecule has 3 heterocycles. The number of nitrogens with zero attached hydrogens (tertiary/aromatic N) is 5. The maximum Gasteiger partial charge on any atom is 0.240 e. The third-order valence-electron chi connectivity index (χ3n) is 4.82. The van der Waals surface area contributed by atoms with E-state index in [9.17, 15) is 9.59 Å². The lowest BCUT2D eigenvalue weighted by Crippen LogP contribution is -2.37. The average Bonchev–Trinajstić information content (AvgIpc) is 3.05. The Labute approximate surface area is 152 Å². The summed E-state index contributed by atoms with van der Waals surface area (Å²) >= 11 is 0. The summed E-state index contributed by atoms with van der Waals surface area (Å²) in [5, 5.41) is 2.92. The van der Waals surface area contributed by atoms with E-state index in [-0.39, 0.29) is 24.3 Å². The van der Waals surface area contributed by atoms with Gasteiger partial charge in [0.05, 0.1) is 17.9 Å². The molecule has 0 radical (unpaired) electrons. The van der Waals surface area contributed by atoms with Crippen molar-refractivity contribution in [2.75, 3.05) is 13.1 Å². The van der Waals surface area contributed by atoms with Crippen molar-refractivity contribution in [3.8, 4) is 0 Å². The van der Waals surface area contributed by atoms with Gasteiger partial charge in [-0.1, -0.05) is 0 Å². The van der Waals surface area contributed by atoms with Gasteiger partial charge in [0.15, 0.2) is 0 Å². The highest BCUT2D eigenvalue weighted by molar-refractivity contribution is 5.75. The highest BCUT2D eigenvalue weighted by Crippen LogP contribution is 2.28. The number of carbonyl (C=O) groups is 2. The number of likely N-dealkylation sites (tertiary alicyclic amines) is 1. The Kier molecular flexibility index (Phi) is 5.60. The van der Waals surface area contributed by atoms with E-state index in [1.165, 1.54) is 0 Å². The van der Waals surface area contributed by atoms with Crippen LogP contribution in [0.5, 0.6) is 0 Å². The summed E-state index contributed by atoms with van der Waals surface area (Å²) in [6.45, 7) is 5.53. The highest BCUT2D eigenvalue weighted by Gasteiger charge is 2.25. The van der Waals surface area contributed by atoms with Gasteiger partial charge in [0.25, 0.3) is 0 Å². The zero-order valence-electron chi connectivity index (χ0n) is 15.2. The first-order valence-corrected chi connectivity index (χ1v) is 8.84. The Morgan fingerprint density at radius 3 is 2.54 bits per heavy atom. The Bertz CT molecular complexity index is 779. The van der Waals surface area contributed by atoms with Gasteiger partial charge in [-0.3, -0.25) is 19.6 Å². The van der Waals surface area contributed by atoms with Crippen molar-refractivity contribution in [2.24, 2.45) is 0 Å². The van der Waals surface area contributed by atoms with Crippen molar-refractivity contribution >= 4 is 11.8 Å². The summed E-state index contributed by atoms with van der Waals surface area (Å²) in [4.78, 5) is 38.6. The summed E-state index contributed by atoms with van der Waals surface area (Å²) in [5.41, 5.74) is 1.72. The standard InChI is InChI=1S/C18H24N6O2/c1-13-19-7-10-24(13)12-17(26)22-11-16-18(21-6-5-20-16)15-3-8-23(9-4-15)14(2)25/h5-7,10,15H,3-4,8-9,11-12H2,1-2H3,(H,22,26). The summed E-state index contributed by atoms with van der Waals surface area (Å²) in [5.74, 6) is 1.10. The van der Waals surface area contributed by atoms with Gasteiger partial charge < -0.3 is 14.8 Å². The van der Waals surface area contributed by atoms with Gasteiger partial charge in [0, 0.05) is 50.7 Å². The van der Waals surface area contributed by atoms with E-state index in [0.29, 0.717) is 6.54 Å². The number of piperidine rings is 1. The number of nitrogens with one attached hydrogen (secondary N) is 1. The predicted octanol–water partition coefficient (Wildman–Crippen LogP) is 1.02. The molecule has 2 amide bonds. The minimum atomic E-state index is -0.0888. The van der Waals surface area contributed by atoms with E-state index in [1.54, 1.807) is 36.3 Å². The number of rotatable bonds is 5. The van der Waals surface area contributed by atoms with Crippen LogP contribution in [-0.2, 0) is 22.7 Å². The summed E-state index contributed by atoms with van der Waals surface area (Å²) in [6, 6.07) is 0. The molecule has 1 aliphatic heterocycles. The zero-order chi connectivity index (χ0) is 18.5. The second-order valence-corrected chi connectivity index (χ2v) is 6.55. The first-order chi connectivity index (χ1) is 12.5. The summed E-state index contributed by atoms with van der Waals surface area (Å²) in [6.07, 6.45) is 8.53. The van der Waals surface area contributed by atoms with E-state index in [4.69, 9.17) is 0 Å². The van der Waals surface area contributed by atoms with Crippen molar-refractivity contribution in [2.45, 2.75) is 45.7 Å². The second-order valence-electron chi connectivity index (χ2n) is 6.55. The SMILES string of the molecule is CC(=O)N1CCC(c2nccnc2CNC(=O)Cn2ccnc2C)CC1. The van der Waals surface area contributed by atoms with Crippen LogP contribution >= 0.6 is 0 Å². The molecule has 0 aromatic carbocycles. The number of amides is 2. The lowest BCUT2D eigenvalue weighted by molar-refractivity contribution is -0.129. The molecule has 3 rings (SSSR count). The first kappa shape index (κ1) is 18.0. The second kappa shape index (κ2) is 8.07. The third kappa shape index (κ3) is 4.25. The number of aryl methyl sites for hydroxylation is 1. The Morgan fingerprint density at radius 1 is 1.15 bits per heavy atom. The highest BCUT2D eigenvalue weighted by atomic mass is 16.2. The van der Waals surface area contributed by atoms with Gasteiger partial charge >= 0.3 is 0 Å². The van der Waals surface area contributed by atoms with Crippen molar-refractivity contribution in [3.05, 3.63) is 42.0 Å². The molecule has 2 aromatic rings. The molecule has 1 aliphatic rings. The minimum absolute atomic E-state index is 0.0888. The van der Waals surface area contributed by atoms with Gasteiger partial charge in [0.2, 0.25) is 11.8 Å². The molecule has 0 atom stereocenters. The molecule has 138 valence electrons. The molecule has 0 bridgehead atoms. The van der Waals surface area contributed by atoms with Crippen LogP contribution < -0.4 is 5.32 Å². The maximum atomic E-state index is 12.2. The monoisotopic (exact) mass is 356 g/mol. The van der Waals surface area contributed by atoms with Gasteiger partial charge in [-0.2, -0.15) is 0 Å². The van der Waals surface area contributed by atoms with E-state index in [1.807, 2.05) is 11.8 Å². The smallest absolute Gasteiger partial charge is 0.240 e. The number of imidazole rings is 1. The summed E-state index contributed by atoms with van der Waals surface area (Å²) < 4.78 is 1.80. The van der Waals surface area contributed by atoms with Crippen LogP contribution in [0.3, 0.4) is 0 Å². The molecule has 0 aliphatic carbocycles. The van der Waals surface area contributed by atoms with E-state index < -0.39 is 0 Å². The fourth-order valence-corrected chi connectivity index (χ4v) is 3.29. The normalized spacial score (nSPS) is 15.1. The summed E-state index contributed by atoms with van der Waals surface area (Å²) in [7, 11) is 0. The van der Waals surface area contributed by atoms with Crippen LogP contribution in [0.15, 0.2) is 24.8 Å². The molecular weight excluding hydrogens is 332 g/mol. The van der Waals surface area contributed by atoms with Crippen LogP contribution in [-0.4, -0.2) is 49.3 Å². The minimum Gasteiger partial charge on any atom is -0.349 e. The fraction of sp³-hybridized carbons (Fsp3) is 0.500. The molecule has 0 spiro atoms. The molecule has 26 heavy (non-hydrogen) atoms. The van der Waals surface area contributed by atoms with Gasteiger partial charge in [-0.15, -0.1) is 0 Å². The van der Waals surface area contributed by atoms with Crippen LogP contribution in [0, 0.1) is 6.92 Å². The van der Waals surface area contributed by atoms with Crippen LogP contribution in [0.1, 0.15) is 42.9 Å². The Morgan fingerprint density at radius 2 is 1.88 bits per heavy atom. The van der Waals surface area contributed by atoms with E-state index >= 15 is 0 Å². The third-order valence-corrected chi connectivity index (χ3v) is 4.82. The first-order valence-electron chi connectivity index (χ1n) is 8.84. The molecule has 0 saturated carbocycles. The quantitative estimate of drug-likeness (QED) is 0.863. The maximum absolute atomic E-state index is 12.2. The predicted molar refractivity (Wildman–Crippen MR) is 95.1 cm³/mol. The molecule has 1 fully saturated rings. The van der Waals surface area contributed by atoms with Gasteiger partial charge in [0.1, 0.15) is 12.4 Å². The van der Waals surface area contributed by atoms with Crippen molar-refractivity contribution in [3.63, 3.8) is 0 Å². The number of hydrogen-bond acceptors (Lipinski definition) is 5.